The molecule has 0 saturated carbocycles. The Balaban J connectivity index is 1.93. The number of fused-ring (bicyclic) bond motifs is 1. The molecule has 2 aliphatic rings. The van der Waals surface area contributed by atoms with Gasteiger partial charge in [0.1, 0.15) is 17.0 Å². The van der Waals surface area contributed by atoms with Crippen LogP contribution in [0.4, 0.5) is 21.6 Å². The van der Waals surface area contributed by atoms with E-state index in [1.54, 1.807) is 19.2 Å². The van der Waals surface area contributed by atoms with Gasteiger partial charge in [0.15, 0.2) is 5.82 Å². The molecule has 6 nitrogen and oxygen atoms in total. The number of ether oxygens (including phenoxy) is 1. The molecule has 0 aliphatic carbocycles. The van der Waals surface area contributed by atoms with E-state index in [2.05, 4.69) is 9.97 Å². The largest absolute Gasteiger partial charge is 0.378 e. The number of hydrogen-bond donors (Lipinski definition) is 0. The van der Waals surface area contributed by atoms with Crippen LogP contribution in [-0.2, 0) is 9.53 Å². The minimum Gasteiger partial charge on any atom is -0.378 e. The van der Waals surface area contributed by atoms with E-state index < -0.39 is 5.54 Å². The van der Waals surface area contributed by atoms with Gasteiger partial charge in [-0.05, 0) is 35.9 Å². The van der Waals surface area contributed by atoms with Gasteiger partial charge in [-0.3, -0.25) is 9.69 Å². The number of nitrogens with zero attached hydrogens (tertiary/aromatic N) is 4. The molecule has 0 radical (unpaired) electrons. The fraction of sp³-hybridized carbons (Fsp3) is 0.312. The molecule has 0 N–H and O–H groups in total. The summed E-state index contributed by atoms with van der Waals surface area (Å²) in [6.45, 7) is 0.753. The lowest BCUT2D eigenvalue weighted by molar-refractivity contribution is -0.123. The second-order valence-corrected chi connectivity index (χ2v) is 6.20. The Kier molecular flexibility index (Phi) is 3.43. The summed E-state index contributed by atoms with van der Waals surface area (Å²) >= 11 is 5.95. The van der Waals surface area contributed by atoms with Crippen LogP contribution < -0.4 is 9.80 Å². The van der Waals surface area contributed by atoms with Crippen LogP contribution in [-0.4, -0.2) is 41.7 Å². The molecule has 0 bridgehead atoms. The standard InChI is InChI=1S/C16H14ClFN4O2/c1-21-13-12(8-19-15(17)20-13)22(11-4-2-10(18)3-5-11)14(23)16(21)6-7-24-9-16/h2-5,8H,6-7,9H2,1H3. The zero-order valence-electron chi connectivity index (χ0n) is 12.9. The predicted molar refractivity (Wildman–Crippen MR) is 87.2 cm³/mol. The van der Waals surface area contributed by atoms with E-state index in [0.717, 1.165) is 0 Å². The van der Waals surface area contributed by atoms with E-state index >= 15 is 0 Å². The summed E-state index contributed by atoms with van der Waals surface area (Å²) < 4.78 is 18.8. The number of amides is 1. The van der Waals surface area contributed by atoms with Crippen LogP contribution in [0, 0.1) is 5.82 Å². The molecule has 2 aliphatic heterocycles. The highest BCUT2D eigenvalue weighted by Gasteiger charge is 2.53. The molecule has 1 atom stereocenters. The van der Waals surface area contributed by atoms with E-state index in [9.17, 15) is 9.18 Å². The second-order valence-electron chi connectivity index (χ2n) is 5.86. The quantitative estimate of drug-likeness (QED) is 0.741. The molecule has 2 aromatic rings. The van der Waals surface area contributed by atoms with E-state index in [-0.39, 0.29) is 23.6 Å². The van der Waals surface area contributed by atoms with Crippen molar-refractivity contribution in [3.05, 3.63) is 41.6 Å². The number of benzene rings is 1. The zero-order valence-corrected chi connectivity index (χ0v) is 13.6. The smallest absolute Gasteiger partial charge is 0.260 e. The Morgan fingerprint density at radius 3 is 2.75 bits per heavy atom. The van der Waals surface area contributed by atoms with Crippen LogP contribution in [0.1, 0.15) is 6.42 Å². The molecule has 1 saturated heterocycles. The van der Waals surface area contributed by atoms with Crippen molar-refractivity contribution in [1.29, 1.82) is 0 Å². The number of carbonyl (C=O) groups excluding carboxylic acids is 1. The minimum atomic E-state index is -0.848. The lowest BCUT2D eigenvalue weighted by Gasteiger charge is -2.45. The number of hydrogen-bond acceptors (Lipinski definition) is 5. The Labute approximate surface area is 142 Å². The van der Waals surface area contributed by atoms with Crippen molar-refractivity contribution in [3.63, 3.8) is 0 Å². The van der Waals surface area contributed by atoms with Crippen LogP contribution in [0.25, 0.3) is 0 Å². The van der Waals surface area contributed by atoms with Gasteiger partial charge in [-0.25, -0.2) is 9.37 Å². The van der Waals surface area contributed by atoms with Gasteiger partial charge >= 0.3 is 0 Å². The second kappa shape index (κ2) is 5.39. The molecule has 4 rings (SSSR count). The summed E-state index contributed by atoms with van der Waals surface area (Å²) in [6.07, 6.45) is 2.05. The lowest BCUT2D eigenvalue weighted by Crippen LogP contribution is -2.62. The molecule has 1 aromatic heterocycles. The van der Waals surface area contributed by atoms with E-state index in [1.165, 1.54) is 23.2 Å². The molecule has 24 heavy (non-hydrogen) atoms. The van der Waals surface area contributed by atoms with Gasteiger partial charge in [-0.15, -0.1) is 0 Å². The topological polar surface area (TPSA) is 58.6 Å². The maximum absolute atomic E-state index is 13.3. The van der Waals surface area contributed by atoms with Crippen molar-refractivity contribution in [2.75, 3.05) is 30.1 Å². The average Bonchev–Trinajstić information content (AvgIpc) is 3.07. The van der Waals surface area contributed by atoms with Crippen molar-refractivity contribution < 1.29 is 13.9 Å². The Bertz CT molecular complexity index is 808. The van der Waals surface area contributed by atoms with Gasteiger partial charge in [-0.2, -0.15) is 4.98 Å². The summed E-state index contributed by atoms with van der Waals surface area (Å²) in [7, 11) is 1.80. The van der Waals surface area contributed by atoms with Crippen LogP contribution in [0.3, 0.4) is 0 Å². The zero-order chi connectivity index (χ0) is 16.9. The monoisotopic (exact) mass is 348 g/mol. The van der Waals surface area contributed by atoms with Gasteiger partial charge in [0.25, 0.3) is 5.91 Å². The third-order valence-electron chi connectivity index (χ3n) is 4.61. The number of carbonyl (C=O) groups is 1. The Morgan fingerprint density at radius 2 is 2.08 bits per heavy atom. The third-order valence-corrected chi connectivity index (χ3v) is 4.79. The highest BCUT2D eigenvalue weighted by Crippen LogP contribution is 2.44. The first-order chi connectivity index (χ1) is 11.5. The first-order valence-electron chi connectivity index (χ1n) is 7.47. The molecule has 124 valence electrons. The average molecular weight is 349 g/mol. The van der Waals surface area contributed by atoms with Crippen molar-refractivity contribution in [1.82, 2.24) is 9.97 Å². The first-order valence-corrected chi connectivity index (χ1v) is 7.85. The van der Waals surface area contributed by atoms with Crippen LogP contribution in [0.5, 0.6) is 0 Å². The molecular weight excluding hydrogens is 335 g/mol. The Hall–Kier alpha value is -2.25. The molecule has 1 aromatic carbocycles. The van der Waals surface area contributed by atoms with Crippen LogP contribution in [0.2, 0.25) is 5.28 Å². The summed E-state index contributed by atoms with van der Waals surface area (Å²) in [6, 6.07) is 5.74. The third kappa shape index (κ3) is 2.08. The maximum Gasteiger partial charge on any atom is 0.260 e. The number of likely N-dealkylation sites (N-methyl/N-ethyl adjacent to an activating group) is 1. The number of aromatic nitrogens is 2. The van der Waals surface area contributed by atoms with E-state index in [4.69, 9.17) is 16.3 Å². The fourth-order valence-electron chi connectivity index (χ4n) is 3.25. The van der Waals surface area contributed by atoms with E-state index in [1.807, 2.05) is 4.90 Å². The number of halogens is 2. The van der Waals surface area contributed by atoms with Crippen molar-refractivity contribution in [2.24, 2.45) is 0 Å². The number of anilines is 3. The van der Waals surface area contributed by atoms with Crippen LogP contribution >= 0.6 is 11.6 Å². The van der Waals surface area contributed by atoms with E-state index in [0.29, 0.717) is 30.2 Å². The molecule has 1 amide bonds. The Morgan fingerprint density at radius 1 is 1.33 bits per heavy atom. The normalized spacial score (nSPS) is 23.0. The summed E-state index contributed by atoms with van der Waals surface area (Å²) in [5.41, 5.74) is 0.211. The number of rotatable bonds is 1. The molecule has 1 spiro atoms. The summed E-state index contributed by atoms with van der Waals surface area (Å²) in [4.78, 5) is 24.9. The van der Waals surface area contributed by atoms with Crippen molar-refractivity contribution >= 4 is 34.7 Å². The first kappa shape index (κ1) is 15.3. The molecule has 1 unspecified atom stereocenters. The maximum atomic E-state index is 13.3. The predicted octanol–water partition coefficient (Wildman–Crippen LogP) is 2.54. The van der Waals surface area contributed by atoms with Crippen molar-refractivity contribution in [2.45, 2.75) is 12.0 Å². The van der Waals surface area contributed by atoms with Crippen molar-refractivity contribution in [3.8, 4) is 0 Å². The van der Waals surface area contributed by atoms with Crippen LogP contribution in [0.15, 0.2) is 30.5 Å². The molecule has 8 heteroatoms. The highest BCUT2D eigenvalue weighted by atomic mass is 35.5. The fourth-order valence-corrected chi connectivity index (χ4v) is 3.38. The van der Waals surface area contributed by atoms with Gasteiger partial charge in [0.2, 0.25) is 5.28 Å². The van der Waals surface area contributed by atoms with Gasteiger partial charge < -0.3 is 9.64 Å². The molecule has 3 heterocycles. The lowest BCUT2D eigenvalue weighted by atomic mass is 9.91. The summed E-state index contributed by atoms with van der Waals surface area (Å²) in [5, 5.41) is 0.100. The minimum absolute atomic E-state index is 0.100. The van der Waals surface area contributed by atoms with Gasteiger partial charge in [0.05, 0.1) is 12.8 Å². The molecule has 1 fully saturated rings. The van der Waals surface area contributed by atoms with Gasteiger partial charge in [0, 0.05) is 25.8 Å². The SMILES string of the molecule is CN1c2nc(Cl)ncc2N(c2ccc(F)cc2)C(=O)C12CCOC2. The van der Waals surface area contributed by atoms with Gasteiger partial charge in [-0.1, -0.05) is 0 Å². The summed E-state index contributed by atoms with van der Waals surface area (Å²) in [5.74, 6) is 0.0313. The molecular formula is C16H14ClFN4O2. The highest BCUT2D eigenvalue weighted by molar-refractivity contribution is 6.28.